The summed E-state index contributed by atoms with van der Waals surface area (Å²) in [6, 6.07) is 21.9. The fourth-order valence-electron chi connectivity index (χ4n) is 5.65. The van der Waals surface area contributed by atoms with Gasteiger partial charge in [-0.2, -0.15) is 0 Å². The van der Waals surface area contributed by atoms with Gasteiger partial charge in [-0.05, 0) is 54.3 Å². The number of likely N-dealkylation sites (tertiary alicyclic amines) is 1. The van der Waals surface area contributed by atoms with Gasteiger partial charge < -0.3 is 15.4 Å². The van der Waals surface area contributed by atoms with E-state index in [9.17, 15) is 4.79 Å². The highest BCUT2D eigenvalue weighted by Crippen LogP contribution is 2.32. The van der Waals surface area contributed by atoms with Crippen molar-refractivity contribution in [2.24, 2.45) is 0 Å². The van der Waals surface area contributed by atoms with Gasteiger partial charge >= 0.3 is 0 Å². The highest BCUT2D eigenvalue weighted by atomic mass is 16.5. The molecule has 1 saturated heterocycles. The Hall–Kier alpha value is -2.89. The molecule has 3 aromatic carbocycles. The summed E-state index contributed by atoms with van der Waals surface area (Å²) in [6.45, 7) is 4.34. The number of rotatable bonds is 7. The van der Waals surface area contributed by atoms with E-state index >= 15 is 0 Å². The molecule has 2 aliphatic rings. The normalized spacial score (nSPS) is 20.8. The molecule has 1 fully saturated rings. The number of hydrogen-bond acceptors (Lipinski definition) is 4. The van der Waals surface area contributed by atoms with E-state index in [1.165, 1.54) is 22.1 Å². The molecule has 2 atom stereocenters. The van der Waals surface area contributed by atoms with Crippen molar-refractivity contribution < 1.29 is 9.53 Å². The van der Waals surface area contributed by atoms with Gasteiger partial charge in [0.2, 0.25) is 5.91 Å². The lowest BCUT2D eigenvalue weighted by Crippen LogP contribution is -2.48. The van der Waals surface area contributed by atoms with Crippen LogP contribution < -0.4 is 15.4 Å². The third-order valence-electron chi connectivity index (χ3n) is 7.27. The Morgan fingerprint density at radius 2 is 1.70 bits per heavy atom. The Labute approximate surface area is 196 Å². The van der Waals surface area contributed by atoms with Crippen LogP contribution in [-0.2, 0) is 24.2 Å². The van der Waals surface area contributed by atoms with Gasteiger partial charge in [0.15, 0.2) is 0 Å². The van der Waals surface area contributed by atoms with Crippen LogP contribution in [0.5, 0.6) is 5.75 Å². The molecule has 3 aromatic rings. The second kappa shape index (κ2) is 9.54. The van der Waals surface area contributed by atoms with Gasteiger partial charge in [-0.3, -0.25) is 9.69 Å². The summed E-state index contributed by atoms with van der Waals surface area (Å²) < 4.78 is 5.55. The van der Waals surface area contributed by atoms with Gasteiger partial charge in [0.05, 0.1) is 13.2 Å². The summed E-state index contributed by atoms with van der Waals surface area (Å²) in [6.07, 6.45) is 2.90. The van der Waals surface area contributed by atoms with Gasteiger partial charge in [0.25, 0.3) is 0 Å². The largest absolute Gasteiger partial charge is 0.496 e. The third-order valence-corrected chi connectivity index (χ3v) is 7.27. The molecule has 0 aromatic heterocycles. The first-order valence-corrected chi connectivity index (χ1v) is 12.1. The number of ether oxygens (including phenoxy) is 1. The maximum Gasteiger partial charge on any atom is 0.237 e. The Morgan fingerprint density at radius 3 is 2.39 bits per heavy atom. The summed E-state index contributed by atoms with van der Waals surface area (Å²) in [7, 11) is 1.72. The zero-order chi connectivity index (χ0) is 22.8. The molecule has 5 heteroatoms. The summed E-state index contributed by atoms with van der Waals surface area (Å²) in [5.41, 5.74) is 4.12. The van der Waals surface area contributed by atoms with E-state index in [0.717, 1.165) is 43.5 Å². The van der Waals surface area contributed by atoms with Crippen LogP contribution in [0, 0.1) is 0 Å². The van der Waals surface area contributed by atoms with Gasteiger partial charge in [0.1, 0.15) is 5.75 Å². The molecule has 0 radical (unpaired) electrons. The summed E-state index contributed by atoms with van der Waals surface area (Å²) in [4.78, 5) is 15.4. The minimum absolute atomic E-state index is 0.0747. The van der Waals surface area contributed by atoms with Gasteiger partial charge in [-0.15, -0.1) is 0 Å². The molecule has 5 rings (SSSR count). The average Bonchev–Trinajstić information content (AvgIpc) is 3.47. The molecule has 172 valence electrons. The van der Waals surface area contributed by atoms with Gasteiger partial charge in [-0.1, -0.05) is 54.6 Å². The predicted octanol–water partition coefficient (Wildman–Crippen LogP) is 3.68. The average molecular weight is 444 g/mol. The Morgan fingerprint density at radius 1 is 1.00 bits per heavy atom. The van der Waals surface area contributed by atoms with Gasteiger partial charge in [0, 0.05) is 37.1 Å². The number of carbonyl (C=O) groups excluding carboxylic acids is 1. The number of methoxy groups -OCH3 is 1. The Balaban J connectivity index is 1.32. The van der Waals surface area contributed by atoms with E-state index in [2.05, 4.69) is 64.1 Å². The summed E-state index contributed by atoms with van der Waals surface area (Å²) in [5.74, 6) is 1.06. The van der Waals surface area contributed by atoms with Crippen molar-refractivity contribution in [1.29, 1.82) is 0 Å². The van der Waals surface area contributed by atoms with Crippen LogP contribution in [0.15, 0.2) is 60.7 Å². The number of likely N-dealkylation sites (N-methyl/N-ethyl adjacent to an activating group) is 1. The van der Waals surface area contributed by atoms with Crippen LogP contribution in [0.25, 0.3) is 10.8 Å². The number of benzene rings is 3. The quantitative estimate of drug-likeness (QED) is 0.585. The number of hydrogen-bond donors (Lipinski definition) is 2. The molecule has 0 saturated carbocycles. The summed E-state index contributed by atoms with van der Waals surface area (Å²) >= 11 is 0. The van der Waals surface area contributed by atoms with Crippen LogP contribution in [0.2, 0.25) is 0 Å². The fourth-order valence-corrected chi connectivity index (χ4v) is 5.65. The fraction of sp³-hybridized carbons (Fsp3) is 0.393. The number of amides is 1. The highest BCUT2D eigenvalue weighted by molar-refractivity contribution is 5.91. The topological polar surface area (TPSA) is 53.6 Å². The molecular weight excluding hydrogens is 410 g/mol. The first kappa shape index (κ1) is 21.9. The summed E-state index contributed by atoms with van der Waals surface area (Å²) in [5, 5.41) is 9.19. The van der Waals surface area contributed by atoms with Crippen LogP contribution in [0.4, 0.5) is 0 Å². The molecule has 1 aliphatic carbocycles. The molecule has 33 heavy (non-hydrogen) atoms. The van der Waals surface area contributed by atoms with Crippen LogP contribution in [-0.4, -0.2) is 49.1 Å². The lowest BCUT2D eigenvalue weighted by atomic mass is 10.0. The number of nitrogens with zero attached hydrogens (tertiary/aromatic N) is 1. The van der Waals surface area contributed by atoms with E-state index in [1.54, 1.807) is 7.11 Å². The van der Waals surface area contributed by atoms with Crippen LogP contribution >= 0.6 is 0 Å². The zero-order valence-corrected chi connectivity index (χ0v) is 19.5. The lowest BCUT2D eigenvalue weighted by Gasteiger charge is -2.29. The first-order chi connectivity index (χ1) is 16.2. The van der Waals surface area contributed by atoms with Crippen molar-refractivity contribution in [3.63, 3.8) is 0 Å². The van der Waals surface area contributed by atoms with E-state index in [1.807, 2.05) is 19.1 Å². The zero-order valence-electron chi connectivity index (χ0n) is 19.5. The second-order valence-electron chi connectivity index (χ2n) is 9.22. The van der Waals surface area contributed by atoms with Crippen molar-refractivity contribution in [2.45, 2.75) is 50.9 Å². The maximum atomic E-state index is 13.0. The SMILES string of the molecule is CCNC(=O)[C@@H]1C[C@@H](NCc2ccc(OC)c3ccccc23)CN1C1Cc2ccccc2C1. The van der Waals surface area contributed by atoms with Crippen molar-refractivity contribution in [3.8, 4) is 5.75 Å². The standard InChI is InChI=1S/C28H33N3O2/c1-3-29-28(32)26-16-22(18-31(26)23-14-19-8-4-5-9-20(19)15-23)30-17-21-12-13-27(33-2)25-11-7-6-10-24(21)25/h4-13,22-23,26,30H,3,14-18H2,1-2H3,(H,29,32)/t22-,26+/m1/s1. The van der Waals surface area contributed by atoms with Crippen LogP contribution in [0.1, 0.15) is 30.0 Å². The van der Waals surface area contributed by atoms with E-state index in [-0.39, 0.29) is 18.0 Å². The molecule has 0 unspecified atom stereocenters. The lowest BCUT2D eigenvalue weighted by molar-refractivity contribution is -0.126. The Bertz CT molecular complexity index is 1120. The second-order valence-corrected chi connectivity index (χ2v) is 9.22. The maximum absolute atomic E-state index is 13.0. The smallest absolute Gasteiger partial charge is 0.237 e. The van der Waals surface area contributed by atoms with E-state index in [4.69, 9.17) is 4.74 Å². The van der Waals surface area contributed by atoms with E-state index in [0.29, 0.717) is 12.6 Å². The van der Waals surface area contributed by atoms with Crippen LogP contribution in [0.3, 0.4) is 0 Å². The number of carbonyl (C=O) groups is 1. The van der Waals surface area contributed by atoms with Crippen molar-refractivity contribution >= 4 is 16.7 Å². The number of fused-ring (bicyclic) bond motifs is 2. The third kappa shape index (κ3) is 4.35. The molecule has 1 aliphatic heterocycles. The molecule has 0 bridgehead atoms. The molecule has 5 nitrogen and oxygen atoms in total. The van der Waals surface area contributed by atoms with Crippen molar-refractivity contribution in [3.05, 3.63) is 77.4 Å². The minimum atomic E-state index is -0.0747. The first-order valence-electron chi connectivity index (χ1n) is 12.1. The highest BCUT2D eigenvalue weighted by Gasteiger charge is 2.41. The molecular formula is C28H33N3O2. The van der Waals surface area contributed by atoms with Gasteiger partial charge in [-0.25, -0.2) is 0 Å². The number of nitrogens with one attached hydrogen (secondary N) is 2. The monoisotopic (exact) mass is 443 g/mol. The molecule has 1 amide bonds. The van der Waals surface area contributed by atoms with Crippen molar-refractivity contribution in [1.82, 2.24) is 15.5 Å². The molecule has 1 heterocycles. The Kier molecular flexibility index (Phi) is 6.34. The molecule has 0 spiro atoms. The van der Waals surface area contributed by atoms with Crippen molar-refractivity contribution in [2.75, 3.05) is 20.2 Å². The predicted molar refractivity (Wildman–Crippen MR) is 133 cm³/mol. The van der Waals surface area contributed by atoms with E-state index < -0.39 is 0 Å². The molecule has 2 N–H and O–H groups in total. The minimum Gasteiger partial charge on any atom is -0.496 e.